The third-order valence-corrected chi connectivity index (χ3v) is 3.61. The van der Waals surface area contributed by atoms with Gasteiger partial charge in [-0.3, -0.25) is 0 Å². The molecule has 2 N–H and O–H groups in total. The third-order valence-electron chi connectivity index (χ3n) is 3.61. The molecule has 0 saturated heterocycles. The van der Waals surface area contributed by atoms with Crippen LogP contribution >= 0.6 is 0 Å². The van der Waals surface area contributed by atoms with Crippen LogP contribution in [0.1, 0.15) is 62.0 Å². The topological polar surface area (TPSA) is 51.8 Å². The van der Waals surface area contributed by atoms with E-state index in [1.165, 1.54) is 32.1 Å². The highest BCUT2D eigenvalue weighted by molar-refractivity contribution is 5.41. The van der Waals surface area contributed by atoms with Gasteiger partial charge in [0.25, 0.3) is 0 Å². The van der Waals surface area contributed by atoms with Gasteiger partial charge >= 0.3 is 0 Å². The number of anilines is 1. The molecule has 1 aromatic heterocycles. The fourth-order valence-corrected chi connectivity index (χ4v) is 2.49. The summed E-state index contributed by atoms with van der Waals surface area (Å²) in [5, 5.41) is 0. The van der Waals surface area contributed by atoms with Crippen LogP contribution in [0.2, 0.25) is 0 Å². The van der Waals surface area contributed by atoms with E-state index >= 15 is 0 Å². The SMILES string of the molecule is CCc1nc(C2CCCCC2)nc(N)c1C. The molecule has 1 fully saturated rings. The first-order valence-electron chi connectivity index (χ1n) is 6.35. The van der Waals surface area contributed by atoms with E-state index in [-0.39, 0.29) is 0 Å². The van der Waals surface area contributed by atoms with Crippen molar-refractivity contribution in [3.63, 3.8) is 0 Å². The molecule has 0 aliphatic heterocycles. The lowest BCUT2D eigenvalue weighted by atomic mass is 9.88. The van der Waals surface area contributed by atoms with Crippen LogP contribution in [0.4, 0.5) is 5.82 Å². The number of hydrogen-bond donors (Lipinski definition) is 1. The van der Waals surface area contributed by atoms with Gasteiger partial charge in [-0.1, -0.05) is 26.2 Å². The second-order valence-electron chi connectivity index (χ2n) is 4.73. The highest BCUT2D eigenvalue weighted by Gasteiger charge is 2.19. The number of nitrogens with two attached hydrogens (primary N) is 1. The van der Waals surface area contributed by atoms with Crippen molar-refractivity contribution >= 4 is 5.82 Å². The number of nitrogens with zero attached hydrogens (tertiary/aromatic N) is 2. The van der Waals surface area contributed by atoms with Crippen LogP contribution in [0.3, 0.4) is 0 Å². The fourth-order valence-electron chi connectivity index (χ4n) is 2.49. The van der Waals surface area contributed by atoms with Gasteiger partial charge in [0.1, 0.15) is 11.6 Å². The summed E-state index contributed by atoms with van der Waals surface area (Å²) in [6, 6.07) is 0. The van der Waals surface area contributed by atoms with E-state index in [2.05, 4.69) is 16.9 Å². The highest BCUT2D eigenvalue weighted by atomic mass is 15.0. The first-order valence-corrected chi connectivity index (χ1v) is 6.35. The van der Waals surface area contributed by atoms with E-state index in [0.29, 0.717) is 11.7 Å². The molecule has 0 amide bonds. The molecule has 2 rings (SSSR count). The number of aryl methyl sites for hydroxylation is 1. The van der Waals surface area contributed by atoms with Crippen LogP contribution in [-0.4, -0.2) is 9.97 Å². The fraction of sp³-hybridized carbons (Fsp3) is 0.692. The molecule has 1 aliphatic carbocycles. The lowest BCUT2D eigenvalue weighted by molar-refractivity contribution is 0.428. The molecular formula is C13H21N3. The second-order valence-corrected chi connectivity index (χ2v) is 4.73. The zero-order valence-corrected chi connectivity index (χ0v) is 10.3. The largest absolute Gasteiger partial charge is 0.383 e. The van der Waals surface area contributed by atoms with Gasteiger partial charge < -0.3 is 5.73 Å². The van der Waals surface area contributed by atoms with Crippen LogP contribution < -0.4 is 5.73 Å². The number of nitrogen functional groups attached to an aromatic ring is 1. The van der Waals surface area contributed by atoms with E-state index < -0.39 is 0 Å². The summed E-state index contributed by atoms with van der Waals surface area (Å²) in [6.07, 6.45) is 7.38. The molecule has 1 heterocycles. The summed E-state index contributed by atoms with van der Waals surface area (Å²) >= 11 is 0. The van der Waals surface area contributed by atoms with Crippen molar-refractivity contribution < 1.29 is 0 Å². The standard InChI is InChI=1S/C13H21N3/c1-3-11-9(2)12(14)16-13(15-11)10-7-5-4-6-8-10/h10H,3-8H2,1-2H3,(H2,14,15,16). The summed E-state index contributed by atoms with van der Waals surface area (Å²) in [7, 11) is 0. The van der Waals surface area contributed by atoms with Gasteiger partial charge in [0, 0.05) is 17.2 Å². The molecule has 0 radical (unpaired) electrons. The van der Waals surface area contributed by atoms with Crippen molar-refractivity contribution in [1.82, 2.24) is 9.97 Å². The van der Waals surface area contributed by atoms with Gasteiger partial charge in [-0.2, -0.15) is 0 Å². The minimum atomic E-state index is 0.543. The van der Waals surface area contributed by atoms with Crippen LogP contribution in [-0.2, 0) is 6.42 Å². The van der Waals surface area contributed by atoms with Gasteiger partial charge in [0.2, 0.25) is 0 Å². The Morgan fingerprint density at radius 3 is 2.50 bits per heavy atom. The molecule has 16 heavy (non-hydrogen) atoms. The predicted molar refractivity (Wildman–Crippen MR) is 66.4 cm³/mol. The maximum atomic E-state index is 5.95. The van der Waals surface area contributed by atoms with Crippen LogP contribution in [0.15, 0.2) is 0 Å². The smallest absolute Gasteiger partial charge is 0.134 e. The maximum Gasteiger partial charge on any atom is 0.134 e. The molecule has 88 valence electrons. The van der Waals surface area contributed by atoms with Crippen molar-refractivity contribution in [2.75, 3.05) is 5.73 Å². The van der Waals surface area contributed by atoms with Gasteiger partial charge in [-0.05, 0) is 26.2 Å². The number of rotatable bonds is 2. The third kappa shape index (κ3) is 2.18. The minimum absolute atomic E-state index is 0.543. The number of hydrogen-bond acceptors (Lipinski definition) is 3. The molecular weight excluding hydrogens is 198 g/mol. The Balaban J connectivity index is 2.29. The second kappa shape index (κ2) is 4.81. The summed E-state index contributed by atoms with van der Waals surface area (Å²) in [5.74, 6) is 2.20. The van der Waals surface area contributed by atoms with Gasteiger partial charge in [-0.15, -0.1) is 0 Å². The quantitative estimate of drug-likeness (QED) is 0.832. The molecule has 0 bridgehead atoms. The maximum absolute atomic E-state index is 5.95. The van der Waals surface area contributed by atoms with Crippen molar-refractivity contribution in [3.05, 3.63) is 17.1 Å². The van der Waals surface area contributed by atoms with Crippen LogP contribution in [0.5, 0.6) is 0 Å². The molecule has 3 nitrogen and oxygen atoms in total. The van der Waals surface area contributed by atoms with Crippen molar-refractivity contribution in [2.24, 2.45) is 0 Å². The summed E-state index contributed by atoms with van der Waals surface area (Å²) < 4.78 is 0. The molecule has 0 spiro atoms. The van der Waals surface area contributed by atoms with E-state index in [4.69, 9.17) is 5.73 Å². The zero-order chi connectivity index (χ0) is 11.5. The summed E-state index contributed by atoms with van der Waals surface area (Å²) in [6.45, 7) is 4.14. The monoisotopic (exact) mass is 219 g/mol. The Bertz CT molecular complexity index is 368. The zero-order valence-electron chi connectivity index (χ0n) is 10.3. The molecule has 1 saturated carbocycles. The van der Waals surface area contributed by atoms with Crippen LogP contribution in [0, 0.1) is 6.92 Å². The van der Waals surface area contributed by atoms with E-state index in [1.807, 2.05) is 6.92 Å². The minimum Gasteiger partial charge on any atom is -0.383 e. The van der Waals surface area contributed by atoms with E-state index in [1.54, 1.807) is 0 Å². The van der Waals surface area contributed by atoms with Gasteiger partial charge in [0.15, 0.2) is 0 Å². The van der Waals surface area contributed by atoms with Crippen molar-refractivity contribution in [3.8, 4) is 0 Å². The Morgan fingerprint density at radius 1 is 1.19 bits per heavy atom. The Hall–Kier alpha value is -1.12. The highest BCUT2D eigenvalue weighted by Crippen LogP contribution is 2.31. The normalized spacial score (nSPS) is 17.6. The lowest BCUT2D eigenvalue weighted by Gasteiger charge is -2.21. The first-order chi connectivity index (χ1) is 7.72. The Morgan fingerprint density at radius 2 is 1.88 bits per heavy atom. The summed E-state index contributed by atoms with van der Waals surface area (Å²) in [4.78, 5) is 9.16. The van der Waals surface area contributed by atoms with Crippen molar-refractivity contribution in [1.29, 1.82) is 0 Å². The van der Waals surface area contributed by atoms with Crippen molar-refractivity contribution in [2.45, 2.75) is 58.3 Å². The Labute approximate surface area is 97.5 Å². The Kier molecular flexibility index (Phi) is 3.42. The molecule has 1 aliphatic rings. The van der Waals surface area contributed by atoms with Crippen LogP contribution in [0.25, 0.3) is 0 Å². The predicted octanol–water partition coefficient (Wildman–Crippen LogP) is 2.98. The molecule has 1 aromatic rings. The van der Waals surface area contributed by atoms with E-state index in [9.17, 15) is 0 Å². The molecule has 3 heteroatoms. The first kappa shape index (κ1) is 11.4. The molecule has 0 aromatic carbocycles. The molecule has 0 atom stereocenters. The molecule has 0 unspecified atom stereocenters. The lowest BCUT2D eigenvalue weighted by Crippen LogP contribution is -2.13. The average molecular weight is 219 g/mol. The van der Waals surface area contributed by atoms with Gasteiger partial charge in [0.05, 0.1) is 0 Å². The summed E-state index contributed by atoms with van der Waals surface area (Å²) in [5.41, 5.74) is 8.13. The number of aromatic nitrogens is 2. The van der Waals surface area contributed by atoms with E-state index in [0.717, 1.165) is 23.5 Å². The average Bonchev–Trinajstić information content (AvgIpc) is 2.33. The van der Waals surface area contributed by atoms with Gasteiger partial charge in [-0.25, -0.2) is 9.97 Å².